The normalized spacial score (nSPS) is 17.0. The molecule has 0 amide bonds. The summed E-state index contributed by atoms with van der Waals surface area (Å²) in [4.78, 5) is 20.0. The van der Waals surface area contributed by atoms with Crippen molar-refractivity contribution >= 4 is 22.7 Å². The summed E-state index contributed by atoms with van der Waals surface area (Å²) in [5.41, 5.74) is 0.977. The number of benzene rings is 1. The van der Waals surface area contributed by atoms with E-state index < -0.39 is 0 Å². The number of halogens is 1. The lowest BCUT2D eigenvalue weighted by molar-refractivity contribution is 0.132. The maximum atomic E-state index is 13.9. The predicted molar refractivity (Wildman–Crippen MR) is 94.6 cm³/mol. The van der Waals surface area contributed by atoms with E-state index in [1.165, 1.54) is 6.07 Å². The largest absolute Gasteiger partial charge is 0.355 e. The van der Waals surface area contributed by atoms with E-state index in [4.69, 9.17) is 0 Å². The van der Waals surface area contributed by atoms with Gasteiger partial charge < -0.3 is 4.98 Å². The standard InChI is InChI=1S/C17H22FN3OS/c1-23-10-9-20-5-7-21(8-6-20)12-13-11-16(22)14-3-2-4-15(18)17(14)19-13/h2-4,11H,5-10,12H2,1H3,(H,19,22). The van der Waals surface area contributed by atoms with E-state index in [-0.39, 0.29) is 11.2 Å². The molecule has 6 heteroatoms. The number of pyridine rings is 1. The zero-order valence-electron chi connectivity index (χ0n) is 13.3. The fourth-order valence-corrected chi connectivity index (χ4v) is 3.45. The second-order valence-electron chi connectivity index (χ2n) is 5.93. The number of nitrogens with zero attached hydrogens (tertiary/aromatic N) is 2. The molecule has 0 spiro atoms. The topological polar surface area (TPSA) is 39.3 Å². The van der Waals surface area contributed by atoms with Gasteiger partial charge >= 0.3 is 0 Å². The van der Waals surface area contributed by atoms with Crippen molar-refractivity contribution in [3.63, 3.8) is 0 Å². The van der Waals surface area contributed by atoms with Gasteiger partial charge in [0.05, 0.1) is 5.52 Å². The van der Waals surface area contributed by atoms with Crippen LogP contribution in [0.4, 0.5) is 4.39 Å². The molecule has 1 saturated heterocycles. The van der Waals surface area contributed by atoms with Gasteiger partial charge in [0.25, 0.3) is 0 Å². The molecule has 1 aromatic heterocycles. The van der Waals surface area contributed by atoms with Gasteiger partial charge in [-0.1, -0.05) is 6.07 Å². The molecule has 2 aromatic rings. The van der Waals surface area contributed by atoms with Crippen LogP contribution in [0.1, 0.15) is 5.69 Å². The molecule has 0 radical (unpaired) electrons. The van der Waals surface area contributed by atoms with Gasteiger partial charge in [0.1, 0.15) is 5.82 Å². The quantitative estimate of drug-likeness (QED) is 0.909. The maximum absolute atomic E-state index is 13.9. The van der Waals surface area contributed by atoms with Gasteiger partial charge in [0.2, 0.25) is 0 Å². The minimum Gasteiger partial charge on any atom is -0.355 e. The third kappa shape index (κ3) is 3.94. The van der Waals surface area contributed by atoms with Gasteiger partial charge in [-0.2, -0.15) is 11.8 Å². The van der Waals surface area contributed by atoms with Crippen LogP contribution in [0.5, 0.6) is 0 Å². The number of piperazine rings is 1. The number of H-pyrrole nitrogens is 1. The Morgan fingerprint density at radius 1 is 1.22 bits per heavy atom. The molecule has 1 aliphatic heterocycles. The highest BCUT2D eigenvalue weighted by Crippen LogP contribution is 2.14. The number of rotatable bonds is 5. The van der Waals surface area contributed by atoms with E-state index in [0.717, 1.165) is 44.2 Å². The zero-order valence-corrected chi connectivity index (χ0v) is 14.2. The number of hydrogen-bond acceptors (Lipinski definition) is 4. The lowest BCUT2D eigenvalue weighted by atomic mass is 10.1. The van der Waals surface area contributed by atoms with Crippen molar-refractivity contribution in [3.05, 3.63) is 46.0 Å². The monoisotopic (exact) mass is 335 g/mol. The highest BCUT2D eigenvalue weighted by Gasteiger charge is 2.17. The Morgan fingerprint density at radius 3 is 2.70 bits per heavy atom. The second-order valence-corrected chi connectivity index (χ2v) is 6.92. The first kappa shape index (κ1) is 16.5. The molecule has 124 valence electrons. The molecule has 2 heterocycles. The first-order valence-corrected chi connectivity index (χ1v) is 9.31. The molecule has 1 N–H and O–H groups in total. The molecule has 0 saturated carbocycles. The Hall–Kier alpha value is -1.37. The fraction of sp³-hybridized carbons (Fsp3) is 0.471. The summed E-state index contributed by atoms with van der Waals surface area (Å²) in [5.74, 6) is 0.792. The van der Waals surface area contributed by atoms with Gasteiger partial charge in [-0.3, -0.25) is 14.6 Å². The SMILES string of the molecule is CSCCN1CCN(Cc2cc(=O)c3cccc(F)c3[nH]2)CC1. The van der Waals surface area contributed by atoms with E-state index in [9.17, 15) is 9.18 Å². The number of aromatic amines is 1. The summed E-state index contributed by atoms with van der Waals surface area (Å²) in [7, 11) is 0. The van der Waals surface area contributed by atoms with Crippen LogP contribution in [0.2, 0.25) is 0 Å². The van der Waals surface area contributed by atoms with Crippen molar-refractivity contribution in [2.24, 2.45) is 0 Å². The molecule has 0 atom stereocenters. The molecule has 3 rings (SSSR count). The van der Waals surface area contributed by atoms with Gasteiger partial charge in [0, 0.05) is 62.2 Å². The predicted octanol–water partition coefficient (Wildman–Crippen LogP) is 2.15. The second kappa shape index (κ2) is 7.47. The van der Waals surface area contributed by atoms with Crippen molar-refractivity contribution in [1.29, 1.82) is 0 Å². The fourth-order valence-electron chi connectivity index (χ4n) is 3.01. The lowest BCUT2D eigenvalue weighted by Gasteiger charge is -2.34. The minimum atomic E-state index is -0.372. The van der Waals surface area contributed by atoms with Crippen LogP contribution in [-0.2, 0) is 6.54 Å². The summed E-state index contributed by atoms with van der Waals surface area (Å²) < 4.78 is 13.9. The van der Waals surface area contributed by atoms with E-state index >= 15 is 0 Å². The average molecular weight is 335 g/mol. The Labute approximate surface area is 139 Å². The van der Waals surface area contributed by atoms with Crippen molar-refractivity contribution in [2.45, 2.75) is 6.54 Å². The van der Waals surface area contributed by atoms with Crippen molar-refractivity contribution in [3.8, 4) is 0 Å². The van der Waals surface area contributed by atoms with Crippen LogP contribution < -0.4 is 5.43 Å². The number of fused-ring (bicyclic) bond motifs is 1. The van der Waals surface area contributed by atoms with Crippen LogP contribution in [0.3, 0.4) is 0 Å². The molecular formula is C17H22FN3OS. The lowest BCUT2D eigenvalue weighted by Crippen LogP contribution is -2.46. The van der Waals surface area contributed by atoms with Crippen LogP contribution in [-0.4, -0.2) is 59.5 Å². The number of aromatic nitrogens is 1. The highest BCUT2D eigenvalue weighted by atomic mass is 32.2. The molecular weight excluding hydrogens is 313 g/mol. The third-order valence-electron chi connectivity index (χ3n) is 4.34. The molecule has 1 fully saturated rings. The zero-order chi connectivity index (χ0) is 16.2. The van der Waals surface area contributed by atoms with E-state index in [0.29, 0.717) is 17.4 Å². The van der Waals surface area contributed by atoms with E-state index in [1.54, 1.807) is 18.2 Å². The molecule has 1 aliphatic rings. The molecule has 0 aliphatic carbocycles. The smallest absolute Gasteiger partial charge is 0.189 e. The summed E-state index contributed by atoms with van der Waals surface area (Å²) in [5, 5.41) is 0.413. The van der Waals surface area contributed by atoms with Gasteiger partial charge in [0.15, 0.2) is 5.43 Å². The minimum absolute atomic E-state index is 0.119. The Balaban J connectivity index is 1.68. The van der Waals surface area contributed by atoms with Crippen molar-refractivity contribution < 1.29 is 4.39 Å². The van der Waals surface area contributed by atoms with Crippen LogP contribution in [0.25, 0.3) is 10.9 Å². The Kier molecular flexibility index (Phi) is 5.35. The molecule has 1 aromatic carbocycles. The van der Waals surface area contributed by atoms with Gasteiger partial charge in [-0.05, 0) is 18.4 Å². The Bertz CT molecular complexity index is 725. The molecule has 23 heavy (non-hydrogen) atoms. The maximum Gasteiger partial charge on any atom is 0.189 e. The van der Waals surface area contributed by atoms with Gasteiger partial charge in [-0.15, -0.1) is 0 Å². The Morgan fingerprint density at radius 2 is 1.96 bits per heavy atom. The van der Waals surface area contributed by atoms with Crippen LogP contribution >= 0.6 is 11.8 Å². The summed E-state index contributed by atoms with van der Waals surface area (Å²) in [6.45, 7) is 5.85. The van der Waals surface area contributed by atoms with Crippen molar-refractivity contribution in [1.82, 2.24) is 14.8 Å². The molecule has 0 bridgehead atoms. The van der Waals surface area contributed by atoms with E-state index in [2.05, 4.69) is 21.0 Å². The first-order chi connectivity index (χ1) is 11.2. The number of hydrogen-bond donors (Lipinski definition) is 1. The summed E-state index contributed by atoms with van der Waals surface area (Å²) >= 11 is 1.87. The third-order valence-corrected chi connectivity index (χ3v) is 4.93. The van der Waals surface area contributed by atoms with E-state index in [1.807, 2.05) is 11.8 Å². The average Bonchev–Trinajstić information content (AvgIpc) is 2.55. The number of thioether (sulfide) groups is 1. The van der Waals surface area contributed by atoms with Crippen LogP contribution in [0, 0.1) is 5.82 Å². The number of para-hydroxylation sites is 1. The summed E-state index contributed by atoms with van der Waals surface area (Å²) in [6, 6.07) is 6.21. The number of nitrogens with one attached hydrogen (secondary N) is 1. The van der Waals surface area contributed by atoms with Gasteiger partial charge in [-0.25, -0.2) is 4.39 Å². The molecule has 0 unspecified atom stereocenters. The van der Waals surface area contributed by atoms with Crippen LogP contribution in [0.15, 0.2) is 29.1 Å². The molecule has 4 nitrogen and oxygen atoms in total. The summed E-state index contributed by atoms with van der Waals surface area (Å²) in [6.07, 6.45) is 2.13. The highest BCUT2D eigenvalue weighted by molar-refractivity contribution is 7.98. The first-order valence-electron chi connectivity index (χ1n) is 7.91. The van der Waals surface area contributed by atoms with Crippen molar-refractivity contribution in [2.75, 3.05) is 44.7 Å².